The van der Waals surface area contributed by atoms with Gasteiger partial charge in [0.25, 0.3) is 0 Å². The Morgan fingerprint density at radius 1 is 1.15 bits per heavy atom. The minimum absolute atomic E-state index is 0.0798. The van der Waals surface area contributed by atoms with Crippen LogP contribution in [0.25, 0.3) is 16.8 Å². The minimum Gasteiger partial charge on any atom is -0.292 e. The molecule has 0 aliphatic heterocycles. The zero-order chi connectivity index (χ0) is 13.5. The molecule has 0 saturated heterocycles. The van der Waals surface area contributed by atoms with Crippen LogP contribution in [0.3, 0.4) is 0 Å². The highest BCUT2D eigenvalue weighted by Crippen LogP contribution is 2.32. The third-order valence-corrected chi connectivity index (χ3v) is 3.55. The molecular formula is C15H12N4O. The summed E-state index contributed by atoms with van der Waals surface area (Å²) in [5.74, 6) is 0.224. The first kappa shape index (κ1) is 11.3. The Kier molecular flexibility index (Phi) is 2.39. The fourth-order valence-electron chi connectivity index (χ4n) is 2.28. The van der Waals surface area contributed by atoms with Crippen molar-refractivity contribution in [2.75, 3.05) is 0 Å². The van der Waals surface area contributed by atoms with Crippen molar-refractivity contribution in [3.05, 3.63) is 48.4 Å². The molecule has 1 aliphatic carbocycles. The van der Waals surface area contributed by atoms with E-state index >= 15 is 0 Å². The van der Waals surface area contributed by atoms with Crippen LogP contribution in [0.1, 0.15) is 23.3 Å². The molecule has 1 fully saturated rings. The first-order chi connectivity index (χ1) is 9.83. The van der Waals surface area contributed by atoms with Crippen molar-refractivity contribution in [1.29, 1.82) is 0 Å². The van der Waals surface area contributed by atoms with Crippen molar-refractivity contribution in [3.8, 4) is 11.1 Å². The summed E-state index contributed by atoms with van der Waals surface area (Å²) in [5.41, 5.74) is 3.04. The summed E-state index contributed by atoms with van der Waals surface area (Å²) in [6.45, 7) is 0. The smallest absolute Gasteiger partial charge is 0.187 e. The van der Waals surface area contributed by atoms with E-state index in [2.05, 4.69) is 15.3 Å². The highest BCUT2D eigenvalue weighted by molar-refractivity contribution is 5.97. The maximum Gasteiger partial charge on any atom is 0.187 e. The van der Waals surface area contributed by atoms with E-state index in [4.69, 9.17) is 0 Å². The molecule has 0 amide bonds. The third kappa shape index (κ3) is 1.79. The van der Waals surface area contributed by atoms with E-state index in [9.17, 15) is 4.79 Å². The van der Waals surface area contributed by atoms with Crippen LogP contribution >= 0.6 is 0 Å². The molecule has 4 rings (SSSR count). The second kappa shape index (κ2) is 4.23. The van der Waals surface area contributed by atoms with Crippen LogP contribution in [-0.4, -0.2) is 25.6 Å². The van der Waals surface area contributed by atoms with Crippen LogP contribution in [0.2, 0.25) is 0 Å². The number of carbonyl (C=O) groups excluding carboxylic acids is 1. The molecule has 5 nitrogen and oxygen atoms in total. The number of aromatic nitrogens is 4. The Bertz CT molecular complexity index is 790. The van der Waals surface area contributed by atoms with Gasteiger partial charge in [0.05, 0.1) is 12.4 Å². The molecule has 3 aromatic rings. The number of ketones is 1. The summed E-state index contributed by atoms with van der Waals surface area (Å²) in [6, 6.07) is 9.91. The van der Waals surface area contributed by atoms with Gasteiger partial charge in [-0.2, -0.15) is 5.10 Å². The van der Waals surface area contributed by atoms with Gasteiger partial charge in [0, 0.05) is 11.5 Å². The van der Waals surface area contributed by atoms with E-state index in [1.54, 1.807) is 16.9 Å². The minimum atomic E-state index is 0.0798. The second-order valence-corrected chi connectivity index (χ2v) is 5.05. The fourth-order valence-corrected chi connectivity index (χ4v) is 2.28. The average molecular weight is 264 g/mol. The van der Waals surface area contributed by atoms with Gasteiger partial charge in [-0.25, -0.2) is 4.52 Å². The Balaban J connectivity index is 1.80. The predicted molar refractivity (Wildman–Crippen MR) is 73.3 cm³/mol. The second-order valence-electron chi connectivity index (χ2n) is 5.05. The predicted octanol–water partition coefficient (Wildman–Crippen LogP) is 2.38. The van der Waals surface area contributed by atoms with Crippen molar-refractivity contribution in [3.63, 3.8) is 0 Å². The molecule has 2 aromatic heterocycles. The highest BCUT2D eigenvalue weighted by Gasteiger charge is 2.32. The zero-order valence-electron chi connectivity index (χ0n) is 10.7. The number of hydrogen-bond donors (Lipinski definition) is 0. The van der Waals surface area contributed by atoms with E-state index in [0.717, 1.165) is 24.0 Å². The van der Waals surface area contributed by atoms with E-state index in [1.807, 2.05) is 30.3 Å². The maximum atomic E-state index is 12.0. The number of hydrogen-bond acceptors (Lipinski definition) is 4. The molecule has 0 N–H and O–H groups in total. The van der Waals surface area contributed by atoms with E-state index in [1.165, 1.54) is 0 Å². The lowest BCUT2D eigenvalue weighted by Gasteiger charge is -2.00. The largest absolute Gasteiger partial charge is 0.292 e. The van der Waals surface area contributed by atoms with Crippen molar-refractivity contribution < 1.29 is 4.79 Å². The van der Waals surface area contributed by atoms with Crippen LogP contribution in [0, 0.1) is 5.92 Å². The number of nitrogens with zero attached hydrogens (tertiary/aromatic N) is 4. The molecule has 98 valence electrons. The lowest BCUT2D eigenvalue weighted by molar-refractivity contribution is 0.0961. The monoisotopic (exact) mass is 264 g/mol. The van der Waals surface area contributed by atoms with Crippen LogP contribution in [0.5, 0.6) is 0 Å². The molecule has 0 atom stereocenters. The molecule has 1 saturated carbocycles. The van der Waals surface area contributed by atoms with Crippen LogP contribution in [-0.2, 0) is 0 Å². The van der Waals surface area contributed by atoms with Gasteiger partial charge in [-0.1, -0.05) is 30.3 Å². The molecule has 1 aliphatic rings. The zero-order valence-corrected chi connectivity index (χ0v) is 10.7. The first-order valence-corrected chi connectivity index (χ1v) is 6.63. The van der Waals surface area contributed by atoms with Gasteiger partial charge in [0.15, 0.2) is 11.4 Å². The quantitative estimate of drug-likeness (QED) is 0.681. The van der Waals surface area contributed by atoms with Gasteiger partial charge in [0.1, 0.15) is 5.69 Å². The van der Waals surface area contributed by atoms with Crippen molar-refractivity contribution in [2.45, 2.75) is 12.8 Å². The molecule has 5 heteroatoms. The van der Waals surface area contributed by atoms with Gasteiger partial charge in [0.2, 0.25) is 0 Å². The summed E-state index contributed by atoms with van der Waals surface area (Å²) in [7, 11) is 0. The van der Waals surface area contributed by atoms with Gasteiger partial charge in [-0.05, 0) is 18.4 Å². The highest BCUT2D eigenvalue weighted by atomic mass is 16.1. The summed E-state index contributed by atoms with van der Waals surface area (Å²) in [6.07, 6.45) is 5.36. The Morgan fingerprint density at radius 3 is 2.70 bits per heavy atom. The molecule has 1 aromatic carbocycles. The molecule has 2 heterocycles. The molecule has 0 radical (unpaired) electrons. The topological polar surface area (TPSA) is 60.2 Å². The Hall–Kier alpha value is -2.56. The van der Waals surface area contributed by atoms with Gasteiger partial charge >= 0.3 is 0 Å². The number of rotatable bonds is 3. The normalized spacial score (nSPS) is 14.6. The SMILES string of the molecule is O=C(c1cn2ncc(-c3ccccc3)c2nn1)C1CC1. The van der Waals surface area contributed by atoms with E-state index < -0.39 is 0 Å². The van der Waals surface area contributed by atoms with Crippen LogP contribution in [0.4, 0.5) is 0 Å². The van der Waals surface area contributed by atoms with Crippen molar-refractivity contribution in [1.82, 2.24) is 19.8 Å². The number of carbonyl (C=O) groups is 1. The summed E-state index contributed by atoms with van der Waals surface area (Å²) in [5, 5.41) is 12.5. The van der Waals surface area contributed by atoms with Crippen molar-refractivity contribution in [2.24, 2.45) is 5.92 Å². The lowest BCUT2D eigenvalue weighted by Crippen LogP contribution is -2.08. The van der Waals surface area contributed by atoms with Crippen LogP contribution in [0.15, 0.2) is 42.7 Å². The average Bonchev–Trinajstić information content (AvgIpc) is 3.26. The standard InChI is InChI=1S/C15H12N4O/c20-14(11-6-7-11)13-9-19-15(18-17-13)12(8-16-19)10-4-2-1-3-5-10/h1-5,8-9,11H,6-7H2. The number of benzene rings is 1. The number of fused-ring (bicyclic) bond motifs is 1. The fraction of sp³-hybridized carbons (Fsp3) is 0.200. The summed E-state index contributed by atoms with van der Waals surface area (Å²) >= 11 is 0. The van der Waals surface area contributed by atoms with Crippen molar-refractivity contribution >= 4 is 11.4 Å². The summed E-state index contributed by atoms with van der Waals surface area (Å²) < 4.78 is 1.63. The van der Waals surface area contributed by atoms with Gasteiger partial charge in [-0.3, -0.25) is 4.79 Å². The summed E-state index contributed by atoms with van der Waals surface area (Å²) in [4.78, 5) is 12.0. The van der Waals surface area contributed by atoms with E-state index in [0.29, 0.717) is 11.3 Å². The lowest BCUT2D eigenvalue weighted by atomic mass is 10.1. The van der Waals surface area contributed by atoms with E-state index in [-0.39, 0.29) is 11.7 Å². The Morgan fingerprint density at radius 2 is 1.95 bits per heavy atom. The van der Waals surface area contributed by atoms with Gasteiger partial charge < -0.3 is 0 Å². The number of Topliss-reactive ketones (excluding diaryl/α,β-unsaturated/α-hetero) is 1. The van der Waals surface area contributed by atoms with Crippen LogP contribution < -0.4 is 0 Å². The first-order valence-electron chi connectivity index (χ1n) is 6.63. The molecular weight excluding hydrogens is 252 g/mol. The Labute approximate surface area is 115 Å². The molecule has 0 spiro atoms. The molecule has 0 unspecified atom stereocenters. The maximum absolute atomic E-state index is 12.0. The molecule has 20 heavy (non-hydrogen) atoms. The molecule has 0 bridgehead atoms. The van der Waals surface area contributed by atoms with Gasteiger partial charge in [-0.15, -0.1) is 10.2 Å². The third-order valence-electron chi connectivity index (χ3n) is 3.55.